The van der Waals surface area contributed by atoms with Gasteiger partial charge in [-0.3, -0.25) is 4.79 Å². The van der Waals surface area contributed by atoms with Gasteiger partial charge in [0.2, 0.25) is 0 Å². The fourth-order valence-corrected chi connectivity index (χ4v) is 3.60. The molecule has 0 aromatic carbocycles. The average Bonchev–Trinajstić information content (AvgIpc) is 2.76. The normalized spacial score (nSPS) is 14.4. The van der Waals surface area contributed by atoms with Crippen molar-refractivity contribution in [1.82, 2.24) is 9.55 Å². The monoisotopic (exact) mass is 431 g/mol. The number of ether oxygens (including phenoxy) is 4. The third-order valence-electron chi connectivity index (χ3n) is 5.00. The molecular formula is C22H26FN3O5. The summed E-state index contributed by atoms with van der Waals surface area (Å²) in [6.45, 7) is 3.93. The second-order valence-corrected chi connectivity index (χ2v) is 7.44. The van der Waals surface area contributed by atoms with Gasteiger partial charge in [0.1, 0.15) is 30.1 Å². The first-order chi connectivity index (χ1) is 15.0. The van der Waals surface area contributed by atoms with Crippen molar-refractivity contribution in [3.8, 4) is 34.8 Å². The highest BCUT2D eigenvalue weighted by atomic mass is 19.1. The Morgan fingerprint density at radius 1 is 1.32 bits per heavy atom. The van der Waals surface area contributed by atoms with E-state index in [1.165, 1.54) is 17.7 Å². The van der Waals surface area contributed by atoms with Gasteiger partial charge in [-0.05, 0) is 12.0 Å². The van der Waals surface area contributed by atoms with Crippen molar-refractivity contribution >= 4 is 0 Å². The molecule has 2 aromatic heterocycles. The highest BCUT2D eigenvalue weighted by molar-refractivity contribution is 5.72. The van der Waals surface area contributed by atoms with Gasteiger partial charge in [-0.25, -0.2) is 9.37 Å². The fourth-order valence-electron chi connectivity index (χ4n) is 3.60. The zero-order valence-corrected chi connectivity index (χ0v) is 18.1. The largest absolute Gasteiger partial charge is 0.488 e. The summed E-state index contributed by atoms with van der Waals surface area (Å²) in [6, 6.07) is 5.10. The summed E-state index contributed by atoms with van der Waals surface area (Å²) in [4.78, 5) is 17.3. The summed E-state index contributed by atoms with van der Waals surface area (Å²) in [5.74, 6) is 1.04. The summed E-state index contributed by atoms with van der Waals surface area (Å²) in [5.41, 5.74) is 0.786. The quantitative estimate of drug-likeness (QED) is 0.562. The lowest BCUT2D eigenvalue weighted by Crippen LogP contribution is -2.31. The number of nitriles is 1. The first kappa shape index (κ1) is 22.6. The van der Waals surface area contributed by atoms with Crippen LogP contribution in [0.2, 0.25) is 0 Å². The first-order valence-corrected chi connectivity index (χ1v) is 10.1. The molecule has 2 aromatic rings. The summed E-state index contributed by atoms with van der Waals surface area (Å²) in [7, 11) is 3.08. The number of aromatic nitrogens is 2. The Labute approximate surface area is 180 Å². The minimum Gasteiger partial charge on any atom is -0.488 e. The standard InChI is InChI=1S/C22H26FN3O5/c1-13(2)20-15-10-14(12-24)22(27)26(7-6-23)19(15)18-16(31-20)11-17(21(25-18)29-4)30-9-5-8-28-3/h10-11,13,20H,5-9H2,1-4H3. The van der Waals surface area contributed by atoms with E-state index in [4.69, 9.17) is 18.9 Å². The third kappa shape index (κ3) is 4.35. The molecule has 9 heteroatoms. The van der Waals surface area contributed by atoms with Crippen LogP contribution in [0.1, 0.15) is 37.5 Å². The predicted molar refractivity (Wildman–Crippen MR) is 111 cm³/mol. The van der Waals surface area contributed by atoms with Crippen molar-refractivity contribution in [1.29, 1.82) is 5.26 Å². The minimum atomic E-state index is -0.762. The molecule has 3 heterocycles. The van der Waals surface area contributed by atoms with E-state index >= 15 is 0 Å². The first-order valence-electron chi connectivity index (χ1n) is 10.1. The van der Waals surface area contributed by atoms with Gasteiger partial charge in [-0.1, -0.05) is 13.8 Å². The number of hydrogen-bond donors (Lipinski definition) is 0. The number of rotatable bonds is 9. The predicted octanol–water partition coefficient (Wildman–Crippen LogP) is 3.26. The number of methoxy groups -OCH3 is 2. The van der Waals surface area contributed by atoms with Crippen LogP contribution in [0.4, 0.5) is 4.39 Å². The number of alkyl halides is 1. The molecule has 166 valence electrons. The highest BCUT2D eigenvalue weighted by Crippen LogP contribution is 2.46. The van der Waals surface area contributed by atoms with Crippen molar-refractivity contribution in [3.63, 3.8) is 0 Å². The lowest BCUT2D eigenvalue weighted by atomic mass is 9.92. The molecule has 1 unspecified atom stereocenters. The van der Waals surface area contributed by atoms with Crippen LogP contribution in [0.15, 0.2) is 16.9 Å². The molecule has 8 nitrogen and oxygen atoms in total. The van der Waals surface area contributed by atoms with Gasteiger partial charge < -0.3 is 23.5 Å². The zero-order chi connectivity index (χ0) is 22.5. The molecule has 1 aliphatic heterocycles. The molecule has 0 fully saturated rings. The van der Waals surface area contributed by atoms with Crippen molar-refractivity contribution in [3.05, 3.63) is 33.6 Å². The van der Waals surface area contributed by atoms with E-state index in [1.54, 1.807) is 13.2 Å². The van der Waals surface area contributed by atoms with Gasteiger partial charge >= 0.3 is 0 Å². The van der Waals surface area contributed by atoms with Crippen molar-refractivity contribution < 1.29 is 23.3 Å². The van der Waals surface area contributed by atoms with E-state index in [2.05, 4.69) is 4.98 Å². The second kappa shape index (κ2) is 9.79. The third-order valence-corrected chi connectivity index (χ3v) is 5.00. The molecule has 0 N–H and O–H groups in total. The summed E-state index contributed by atoms with van der Waals surface area (Å²) < 4.78 is 37.1. The van der Waals surface area contributed by atoms with Crippen molar-refractivity contribution in [2.24, 2.45) is 5.92 Å². The SMILES string of the molecule is COCCCOc1cc2c(nc1OC)-c1c(cc(C#N)c(=O)n1CCF)C(C(C)C)O2. The fraction of sp³-hybridized carbons (Fsp3) is 0.500. The Kier molecular flexibility index (Phi) is 7.13. The minimum absolute atomic E-state index is 0.0166. The summed E-state index contributed by atoms with van der Waals surface area (Å²) in [6.07, 6.45) is 0.236. The van der Waals surface area contributed by atoms with Gasteiger partial charge in [0.25, 0.3) is 11.4 Å². The molecule has 0 saturated heterocycles. The van der Waals surface area contributed by atoms with Gasteiger partial charge in [0.15, 0.2) is 11.5 Å². The van der Waals surface area contributed by atoms with E-state index in [1.807, 2.05) is 19.9 Å². The Morgan fingerprint density at radius 3 is 2.71 bits per heavy atom. The van der Waals surface area contributed by atoms with Crippen LogP contribution < -0.4 is 19.8 Å². The molecular weight excluding hydrogens is 405 g/mol. The van der Waals surface area contributed by atoms with Crippen LogP contribution in [0, 0.1) is 17.2 Å². The van der Waals surface area contributed by atoms with E-state index < -0.39 is 18.3 Å². The van der Waals surface area contributed by atoms with Gasteiger partial charge in [-0.15, -0.1) is 0 Å². The number of pyridine rings is 2. The van der Waals surface area contributed by atoms with Gasteiger partial charge in [0.05, 0.1) is 26.0 Å². The lowest BCUT2D eigenvalue weighted by Gasteiger charge is -2.32. The van der Waals surface area contributed by atoms with Crippen LogP contribution >= 0.6 is 0 Å². The van der Waals surface area contributed by atoms with Crippen molar-refractivity contribution in [2.75, 3.05) is 34.1 Å². The zero-order valence-electron chi connectivity index (χ0n) is 18.1. The van der Waals surface area contributed by atoms with E-state index in [-0.39, 0.29) is 23.9 Å². The van der Waals surface area contributed by atoms with Crippen LogP contribution in [0.3, 0.4) is 0 Å². The van der Waals surface area contributed by atoms with Crippen LogP contribution in [-0.4, -0.2) is 43.7 Å². The van der Waals surface area contributed by atoms with E-state index in [9.17, 15) is 14.4 Å². The average molecular weight is 431 g/mol. The molecule has 0 amide bonds. The molecule has 31 heavy (non-hydrogen) atoms. The van der Waals surface area contributed by atoms with Crippen molar-refractivity contribution in [2.45, 2.75) is 32.9 Å². The molecule has 0 radical (unpaired) electrons. The van der Waals surface area contributed by atoms with E-state index in [0.29, 0.717) is 48.1 Å². The smallest absolute Gasteiger partial charge is 0.269 e. The number of halogens is 1. The Hall–Kier alpha value is -3.12. The van der Waals surface area contributed by atoms with Crippen LogP contribution in [0.25, 0.3) is 11.4 Å². The van der Waals surface area contributed by atoms with Gasteiger partial charge in [-0.2, -0.15) is 5.26 Å². The lowest BCUT2D eigenvalue weighted by molar-refractivity contribution is 0.146. The maximum atomic E-state index is 13.4. The van der Waals surface area contributed by atoms with Crippen LogP contribution in [0.5, 0.6) is 17.4 Å². The molecule has 0 bridgehead atoms. The molecule has 3 rings (SSSR count). The molecule has 1 atom stereocenters. The van der Waals surface area contributed by atoms with Gasteiger partial charge in [0, 0.05) is 31.8 Å². The molecule has 0 spiro atoms. The second-order valence-electron chi connectivity index (χ2n) is 7.44. The summed E-state index contributed by atoms with van der Waals surface area (Å²) in [5, 5.41) is 9.41. The maximum absolute atomic E-state index is 13.4. The molecule has 0 aliphatic carbocycles. The van der Waals surface area contributed by atoms with Crippen LogP contribution in [-0.2, 0) is 11.3 Å². The number of fused-ring (bicyclic) bond motifs is 3. The Morgan fingerprint density at radius 2 is 2.10 bits per heavy atom. The molecule has 1 aliphatic rings. The Balaban J connectivity index is 2.21. The molecule has 0 saturated carbocycles. The highest BCUT2D eigenvalue weighted by Gasteiger charge is 2.34. The Bertz CT molecular complexity index is 1040. The topological polar surface area (TPSA) is 95.6 Å². The van der Waals surface area contributed by atoms with E-state index in [0.717, 1.165) is 0 Å². The maximum Gasteiger partial charge on any atom is 0.269 e. The summed E-state index contributed by atoms with van der Waals surface area (Å²) >= 11 is 0. The number of nitrogens with zero attached hydrogens (tertiary/aromatic N) is 3. The number of hydrogen-bond acceptors (Lipinski definition) is 7.